The second kappa shape index (κ2) is 9.26. The fourth-order valence-electron chi connectivity index (χ4n) is 0.425. The van der Waals surface area contributed by atoms with Crippen molar-refractivity contribution in [2.75, 3.05) is 20.6 Å². The first kappa shape index (κ1) is 14.7. The number of carbonyl (C=O) groups is 1. The van der Waals surface area contributed by atoms with Crippen LogP contribution in [0.5, 0.6) is 0 Å². The number of nitrogens with zero attached hydrogens (tertiary/aromatic N) is 1. The standard InChI is InChI=1S/C6H11NO.C4H11N/c1-3-4-5(2)6(7)8;1-4-5(2)3/h2-4H2,1H3,(H2,7,8);4H2,1-3H3. The number of amides is 1. The summed E-state index contributed by atoms with van der Waals surface area (Å²) in [6.07, 6.45) is 1.65. The number of carbonyl (C=O) groups excluding carboxylic acids is 1. The molecule has 0 aromatic carbocycles. The first-order chi connectivity index (χ1) is 5.95. The van der Waals surface area contributed by atoms with Crippen LogP contribution in [-0.4, -0.2) is 31.4 Å². The zero-order valence-corrected chi connectivity index (χ0v) is 9.26. The molecule has 0 spiro atoms. The smallest absolute Gasteiger partial charge is 0.244 e. The highest BCUT2D eigenvalue weighted by molar-refractivity contribution is 5.91. The van der Waals surface area contributed by atoms with E-state index >= 15 is 0 Å². The molecule has 0 aliphatic heterocycles. The van der Waals surface area contributed by atoms with Gasteiger partial charge in [0, 0.05) is 5.57 Å². The maximum Gasteiger partial charge on any atom is 0.244 e. The Balaban J connectivity index is 0. The molecule has 0 aliphatic rings. The molecule has 0 aliphatic carbocycles. The lowest BCUT2D eigenvalue weighted by atomic mass is 10.2. The molecule has 0 rings (SSSR count). The second-order valence-corrected chi connectivity index (χ2v) is 3.11. The molecule has 0 heterocycles. The lowest BCUT2D eigenvalue weighted by Crippen LogP contribution is -2.12. The molecule has 0 aromatic heterocycles. The fraction of sp³-hybridized carbons (Fsp3) is 0.700. The van der Waals surface area contributed by atoms with Crippen molar-refractivity contribution in [3.63, 3.8) is 0 Å². The molecule has 0 aromatic rings. The van der Waals surface area contributed by atoms with Gasteiger partial charge in [-0.1, -0.05) is 26.8 Å². The summed E-state index contributed by atoms with van der Waals surface area (Å²) in [5.41, 5.74) is 5.40. The van der Waals surface area contributed by atoms with Crippen molar-refractivity contribution in [3.05, 3.63) is 12.2 Å². The van der Waals surface area contributed by atoms with Crippen LogP contribution < -0.4 is 5.73 Å². The van der Waals surface area contributed by atoms with Gasteiger partial charge in [0.25, 0.3) is 0 Å². The van der Waals surface area contributed by atoms with Crippen LogP contribution in [-0.2, 0) is 4.79 Å². The lowest BCUT2D eigenvalue weighted by molar-refractivity contribution is -0.114. The molecule has 0 atom stereocenters. The summed E-state index contributed by atoms with van der Waals surface area (Å²) >= 11 is 0. The number of rotatable bonds is 4. The minimum Gasteiger partial charge on any atom is -0.366 e. The van der Waals surface area contributed by atoms with Gasteiger partial charge in [0.05, 0.1) is 0 Å². The maximum absolute atomic E-state index is 10.2. The van der Waals surface area contributed by atoms with Gasteiger partial charge >= 0.3 is 0 Å². The van der Waals surface area contributed by atoms with Crippen LogP contribution in [0, 0.1) is 0 Å². The summed E-state index contributed by atoms with van der Waals surface area (Å²) in [4.78, 5) is 12.3. The van der Waals surface area contributed by atoms with E-state index in [0.29, 0.717) is 5.57 Å². The van der Waals surface area contributed by atoms with E-state index in [2.05, 4.69) is 32.5 Å². The molecular weight excluding hydrogens is 164 g/mol. The molecule has 0 saturated heterocycles. The van der Waals surface area contributed by atoms with Crippen molar-refractivity contribution < 1.29 is 4.79 Å². The Bertz CT molecular complexity index is 153. The third-order valence-electron chi connectivity index (χ3n) is 1.53. The maximum atomic E-state index is 10.2. The predicted molar refractivity (Wildman–Crippen MR) is 57.5 cm³/mol. The van der Waals surface area contributed by atoms with Gasteiger partial charge in [0.1, 0.15) is 0 Å². The summed E-state index contributed by atoms with van der Waals surface area (Å²) in [6.45, 7) is 8.71. The van der Waals surface area contributed by atoms with Crippen LogP contribution in [0.15, 0.2) is 12.2 Å². The van der Waals surface area contributed by atoms with Crippen LogP contribution in [0.3, 0.4) is 0 Å². The third kappa shape index (κ3) is 14.1. The van der Waals surface area contributed by atoms with Crippen molar-refractivity contribution in [1.82, 2.24) is 4.90 Å². The Labute approximate surface area is 81.6 Å². The molecule has 0 bridgehead atoms. The van der Waals surface area contributed by atoms with Gasteiger partial charge in [-0.3, -0.25) is 4.79 Å². The number of hydrogen-bond acceptors (Lipinski definition) is 2. The number of hydrogen-bond donors (Lipinski definition) is 1. The molecule has 0 radical (unpaired) electrons. The average molecular weight is 186 g/mol. The second-order valence-electron chi connectivity index (χ2n) is 3.11. The van der Waals surface area contributed by atoms with E-state index < -0.39 is 0 Å². The van der Waals surface area contributed by atoms with Gasteiger partial charge in [0.15, 0.2) is 0 Å². The first-order valence-electron chi connectivity index (χ1n) is 4.57. The largest absolute Gasteiger partial charge is 0.366 e. The van der Waals surface area contributed by atoms with E-state index in [1.165, 1.54) is 0 Å². The Morgan fingerprint density at radius 1 is 1.38 bits per heavy atom. The van der Waals surface area contributed by atoms with Gasteiger partial charge in [-0.25, -0.2) is 0 Å². The monoisotopic (exact) mass is 186 g/mol. The highest BCUT2D eigenvalue weighted by atomic mass is 16.1. The van der Waals surface area contributed by atoms with Crippen molar-refractivity contribution in [2.24, 2.45) is 5.73 Å². The van der Waals surface area contributed by atoms with Crippen molar-refractivity contribution in [3.8, 4) is 0 Å². The first-order valence-corrected chi connectivity index (χ1v) is 4.57. The normalized spacial score (nSPS) is 9.00. The zero-order valence-electron chi connectivity index (χ0n) is 9.26. The number of primary amides is 1. The highest BCUT2D eigenvalue weighted by Gasteiger charge is 1.96. The molecule has 3 heteroatoms. The van der Waals surface area contributed by atoms with Crippen LogP contribution in [0.25, 0.3) is 0 Å². The van der Waals surface area contributed by atoms with Gasteiger partial charge in [-0.05, 0) is 27.1 Å². The molecule has 13 heavy (non-hydrogen) atoms. The van der Waals surface area contributed by atoms with Crippen molar-refractivity contribution >= 4 is 5.91 Å². The summed E-state index contributed by atoms with van der Waals surface area (Å²) in [7, 11) is 4.11. The van der Waals surface area contributed by atoms with Crippen LogP contribution in [0.1, 0.15) is 26.7 Å². The summed E-state index contributed by atoms with van der Waals surface area (Å²) < 4.78 is 0. The lowest BCUT2D eigenvalue weighted by Gasteiger charge is -2.00. The van der Waals surface area contributed by atoms with E-state index in [1.54, 1.807) is 0 Å². The fourth-order valence-corrected chi connectivity index (χ4v) is 0.425. The molecule has 78 valence electrons. The SMILES string of the molecule is C=C(CCC)C(N)=O.CCN(C)C. The van der Waals surface area contributed by atoms with Gasteiger partial charge < -0.3 is 10.6 Å². The molecular formula is C10H22N2O. The minimum absolute atomic E-state index is 0.383. The topological polar surface area (TPSA) is 46.3 Å². The third-order valence-corrected chi connectivity index (χ3v) is 1.53. The van der Waals surface area contributed by atoms with Crippen LogP contribution >= 0.6 is 0 Å². The van der Waals surface area contributed by atoms with Crippen molar-refractivity contribution in [1.29, 1.82) is 0 Å². The Morgan fingerprint density at radius 3 is 1.85 bits per heavy atom. The van der Waals surface area contributed by atoms with E-state index in [4.69, 9.17) is 5.73 Å². The van der Waals surface area contributed by atoms with Gasteiger partial charge in [-0.15, -0.1) is 0 Å². The molecule has 0 unspecified atom stereocenters. The Morgan fingerprint density at radius 2 is 1.77 bits per heavy atom. The minimum atomic E-state index is -0.383. The van der Waals surface area contributed by atoms with E-state index in [0.717, 1.165) is 19.4 Å². The molecule has 2 N–H and O–H groups in total. The molecule has 0 saturated carbocycles. The van der Waals surface area contributed by atoms with Crippen LogP contribution in [0.2, 0.25) is 0 Å². The van der Waals surface area contributed by atoms with E-state index in [-0.39, 0.29) is 5.91 Å². The number of nitrogens with two attached hydrogens (primary N) is 1. The van der Waals surface area contributed by atoms with Gasteiger partial charge in [-0.2, -0.15) is 0 Å². The zero-order chi connectivity index (χ0) is 10.9. The summed E-state index contributed by atoms with van der Waals surface area (Å²) in [6, 6.07) is 0. The van der Waals surface area contributed by atoms with Crippen LogP contribution in [0.4, 0.5) is 0 Å². The van der Waals surface area contributed by atoms with E-state index in [9.17, 15) is 4.79 Å². The molecule has 3 nitrogen and oxygen atoms in total. The highest BCUT2D eigenvalue weighted by Crippen LogP contribution is 1.98. The molecule has 0 fully saturated rings. The Kier molecular flexibility index (Phi) is 10.5. The summed E-state index contributed by atoms with van der Waals surface area (Å²) in [5.74, 6) is -0.383. The predicted octanol–water partition coefficient (Wildman–Crippen LogP) is 1.40. The Hall–Kier alpha value is -0.830. The average Bonchev–Trinajstić information content (AvgIpc) is 2.06. The summed E-state index contributed by atoms with van der Waals surface area (Å²) in [5, 5.41) is 0. The van der Waals surface area contributed by atoms with E-state index in [1.807, 2.05) is 6.92 Å². The van der Waals surface area contributed by atoms with Crippen molar-refractivity contribution in [2.45, 2.75) is 26.7 Å². The van der Waals surface area contributed by atoms with Gasteiger partial charge in [0.2, 0.25) is 5.91 Å². The quantitative estimate of drug-likeness (QED) is 0.674. The molecule has 1 amide bonds.